The SMILES string of the molecule is CCOC(C)(C)C(Cc1cccc(F)c1Cl)NC. The van der Waals surface area contributed by atoms with Crippen molar-refractivity contribution in [3.8, 4) is 0 Å². The van der Waals surface area contributed by atoms with Crippen molar-refractivity contribution in [1.29, 1.82) is 0 Å². The Hall–Kier alpha value is -0.640. The highest BCUT2D eigenvalue weighted by molar-refractivity contribution is 6.31. The van der Waals surface area contributed by atoms with E-state index in [-0.39, 0.29) is 22.5 Å². The fourth-order valence-electron chi connectivity index (χ4n) is 2.09. The van der Waals surface area contributed by atoms with Crippen molar-refractivity contribution in [2.45, 2.75) is 38.8 Å². The van der Waals surface area contributed by atoms with E-state index < -0.39 is 0 Å². The fraction of sp³-hybridized carbons (Fsp3) is 0.571. The Kier molecular flexibility index (Phi) is 5.57. The van der Waals surface area contributed by atoms with Crippen LogP contribution in [0.3, 0.4) is 0 Å². The third-order valence-corrected chi connectivity index (χ3v) is 3.58. The molecule has 1 N–H and O–H groups in total. The predicted octanol–water partition coefficient (Wildman–Crippen LogP) is 3.42. The maximum Gasteiger partial charge on any atom is 0.142 e. The summed E-state index contributed by atoms with van der Waals surface area (Å²) >= 11 is 5.98. The summed E-state index contributed by atoms with van der Waals surface area (Å²) in [5.74, 6) is -0.377. The molecule has 0 saturated carbocycles. The summed E-state index contributed by atoms with van der Waals surface area (Å²) in [6.07, 6.45) is 0.625. The van der Waals surface area contributed by atoms with Gasteiger partial charge in [0.15, 0.2) is 0 Å². The van der Waals surface area contributed by atoms with Crippen LogP contribution in [-0.4, -0.2) is 25.3 Å². The van der Waals surface area contributed by atoms with Crippen LogP contribution in [0.25, 0.3) is 0 Å². The zero-order valence-corrected chi connectivity index (χ0v) is 12.1. The lowest BCUT2D eigenvalue weighted by atomic mass is 9.92. The number of ether oxygens (including phenoxy) is 1. The molecule has 0 fully saturated rings. The van der Waals surface area contributed by atoms with E-state index in [2.05, 4.69) is 5.32 Å². The van der Waals surface area contributed by atoms with Gasteiger partial charge in [0.2, 0.25) is 0 Å². The summed E-state index contributed by atoms with van der Waals surface area (Å²) < 4.78 is 19.1. The first-order valence-electron chi connectivity index (χ1n) is 6.16. The third-order valence-electron chi connectivity index (χ3n) is 3.16. The molecule has 1 unspecified atom stereocenters. The molecule has 1 aromatic carbocycles. The van der Waals surface area contributed by atoms with Gasteiger partial charge < -0.3 is 10.1 Å². The lowest BCUT2D eigenvalue weighted by Gasteiger charge is -2.34. The van der Waals surface area contributed by atoms with Crippen LogP contribution in [-0.2, 0) is 11.2 Å². The summed E-state index contributed by atoms with van der Waals surface area (Å²) in [5.41, 5.74) is 0.461. The predicted molar refractivity (Wildman–Crippen MR) is 73.7 cm³/mol. The normalized spacial score (nSPS) is 13.7. The Bertz CT molecular complexity index is 395. The van der Waals surface area contributed by atoms with Gasteiger partial charge in [-0.05, 0) is 45.9 Å². The van der Waals surface area contributed by atoms with E-state index in [1.165, 1.54) is 6.07 Å². The quantitative estimate of drug-likeness (QED) is 0.857. The lowest BCUT2D eigenvalue weighted by Crippen LogP contribution is -2.48. The molecular formula is C14H21ClFNO. The zero-order chi connectivity index (χ0) is 13.8. The minimum atomic E-state index is -0.377. The second-order valence-corrected chi connectivity index (χ2v) is 5.17. The van der Waals surface area contributed by atoms with E-state index >= 15 is 0 Å². The van der Waals surface area contributed by atoms with Crippen molar-refractivity contribution >= 4 is 11.6 Å². The first-order chi connectivity index (χ1) is 8.42. The summed E-state index contributed by atoms with van der Waals surface area (Å²) in [6, 6.07) is 4.96. The molecule has 102 valence electrons. The molecule has 0 spiro atoms. The molecule has 1 atom stereocenters. The van der Waals surface area contributed by atoms with Gasteiger partial charge in [-0.2, -0.15) is 0 Å². The monoisotopic (exact) mass is 273 g/mol. The Morgan fingerprint density at radius 2 is 2.11 bits per heavy atom. The van der Waals surface area contributed by atoms with Crippen molar-refractivity contribution in [2.24, 2.45) is 0 Å². The first kappa shape index (κ1) is 15.4. The van der Waals surface area contributed by atoms with Crippen LogP contribution in [0, 0.1) is 5.82 Å². The molecule has 0 aliphatic carbocycles. The van der Waals surface area contributed by atoms with Gasteiger partial charge in [0.25, 0.3) is 0 Å². The number of nitrogens with one attached hydrogen (secondary N) is 1. The molecule has 0 aliphatic heterocycles. The standard InChI is InChI=1S/C14H21ClFNO/c1-5-18-14(2,3)12(17-4)9-10-7-6-8-11(16)13(10)15/h6-8,12,17H,5,9H2,1-4H3. The number of likely N-dealkylation sites (N-methyl/N-ethyl adjacent to an activating group) is 1. The molecule has 0 radical (unpaired) electrons. The Labute approximate surface area is 113 Å². The smallest absolute Gasteiger partial charge is 0.142 e. The molecule has 0 bridgehead atoms. The summed E-state index contributed by atoms with van der Waals surface area (Å²) in [4.78, 5) is 0. The summed E-state index contributed by atoms with van der Waals surface area (Å²) in [6.45, 7) is 6.64. The van der Waals surface area contributed by atoms with Crippen LogP contribution >= 0.6 is 11.6 Å². The number of benzene rings is 1. The zero-order valence-electron chi connectivity index (χ0n) is 11.4. The van der Waals surface area contributed by atoms with Crippen molar-refractivity contribution in [3.05, 3.63) is 34.6 Å². The minimum absolute atomic E-state index is 0.0664. The lowest BCUT2D eigenvalue weighted by molar-refractivity contribution is -0.0363. The highest BCUT2D eigenvalue weighted by Gasteiger charge is 2.29. The van der Waals surface area contributed by atoms with Crippen LogP contribution in [0.4, 0.5) is 4.39 Å². The molecule has 18 heavy (non-hydrogen) atoms. The largest absolute Gasteiger partial charge is 0.374 e. The Balaban J connectivity index is 2.89. The molecular weight excluding hydrogens is 253 g/mol. The van der Waals surface area contributed by atoms with E-state index in [9.17, 15) is 4.39 Å². The van der Waals surface area contributed by atoms with Crippen molar-refractivity contribution < 1.29 is 9.13 Å². The fourth-order valence-corrected chi connectivity index (χ4v) is 2.30. The average molecular weight is 274 g/mol. The van der Waals surface area contributed by atoms with E-state index in [4.69, 9.17) is 16.3 Å². The Morgan fingerprint density at radius 3 is 2.67 bits per heavy atom. The molecule has 2 nitrogen and oxygen atoms in total. The van der Waals surface area contributed by atoms with E-state index in [0.717, 1.165) is 5.56 Å². The number of halogens is 2. The highest BCUT2D eigenvalue weighted by atomic mass is 35.5. The van der Waals surface area contributed by atoms with E-state index in [1.54, 1.807) is 6.07 Å². The van der Waals surface area contributed by atoms with E-state index in [0.29, 0.717) is 13.0 Å². The maximum absolute atomic E-state index is 13.4. The van der Waals surface area contributed by atoms with Gasteiger partial charge in [0.05, 0.1) is 10.6 Å². The summed E-state index contributed by atoms with van der Waals surface area (Å²) in [7, 11) is 1.87. The van der Waals surface area contributed by atoms with Crippen LogP contribution in [0.15, 0.2) is 18.2 Å². The molecule has 1 aromatic rings. The van der Waals surface area contributed by atoms with Gasteiger partial charge >= 0.3 is 0 Å². The highest BCUT2D eigenvalue weighted by Crippen LogP contribution is 2.25. The van der Waals surface area contributed by atoms with Gasteiger partial charge in [0.1, 0.15) is 5.82 Å². The van der Waals surface area contributed by atoms with Crippen LogP contribution < -0.4 is 5.32 Å². The number of hydrogen-bond donors (Lipinski definition) is 1. The molecule has 0 heterocycles. The van der Waals surface area contributed by atoms with Crippen molar-refractivity contribution in [1.82, 2.24) is 5.32 Å². The van der Waals surface area contributed by atoms with Gasteiger partial charge in [0, 0.05) is 12.6 Å². The van der Waals surface area contributed by atoms with Gasteiger partial charge in [-0.3, -0.25) is 0 Å². The first-order valence-corrected chi connectivity index (χ1v) is 6.54. The molecule has 0 saturated heterocycles. The second kappa shape index (κ2) is 6.50. The van der Waals surface area contributed by atoms with Crippen LogP contribution in [0.1, 0.15) is 26.3 Å². The Morgan fingerprint density at radius 1 is 1.44 bits per heavy atom. The van der Waals surface area contributed by atoms with E-state index in [1.807, 2.05) is 33.9 Å². The molecule has 0 aromatic heterocycles. The van der Waals surface area contributed by atoms with Crippen molar-refractivity contribution in [3.63, 3.8) is 0 Å². The second-order valence-electron chi connectivity index (χ2n) is 4.79. The molecule has 0 amide bonds. The molecule has 4 heteroatoms. The van der Waals surface area contributed by atoms with Crippen molar-refractivity contribution in [2.75, 3.05) is 13.7 Å². The van der Waals surface area contributed by atoms with Crippen LogP contribution in [0.5, 0.6) is 0 Å². The third kappa shape index (κ3) is 3.67. The topological polar surface area (TPSA) is 21.3 Å². The molecule has 0 aliphatic rings. The average Bonchev–Trinajstić information content (AvgIpc) is 2.30. The number of hydrogen-bond acceptors (Lipinski definition) is 2. The summed E-state index contributed by atoms with van der Waals surface area (Å²) in [5, 5.41) is 3.42. The van der Waals surface area contributed by atoms with Gasteiger partial charge in [-0.25, -0.2) is 4.39 Å². The molecule has 1 rings (SSSR count). The minimum Gasteiger partial charge on any atom is -0.374 e. The number of rotatable bonds is 6. The van der Waals surface area contributed by atoms with Gasteiger partial charge in [-0.1, -0.05) is 23.7 Å². The maximum atomic E-state index is 13.4. The van der Waals surface area contributed by atoms with Gasteiger partial charge in [-0.15, -0.1) is 0 Å². The van der Waals surface area contributed by atoms with Crippen LogP contribution in [0.2, 0.25) is 5.02 Å².